The summed E-state index contributed by atoms with van der Waals surface area (Å²) in [5.41, 5.74) is 5.69. The first-order valence-electron chi connectivity index (χ1n) is 7.68. The number of hydrogen-bond donors (Lipinski definition) is 0. The summed E-state index contributed by atoms with van der Waals surface area (Å²) in [5, 5.41) is 0.862. The summed E-state index contributed by atoms with van der Waals surface area (Å²) in [6, 6.07) is 11.7. The number of hydrogen-bond acceptors (Lipinski definition) is 3. The van der Waals surface area contributed by atoms with E-state index in [9.17, 15) is 4.79 Å². The monoisotopic (exact) mass is 308 g/mol. The molecule has 0 saturated heterocycles. The average Bonchev–Trinajstić information content (AvgIpc) is 2.46. The zero-order chi connectivity index (χ0) is 16.6. The normalized spacial score (nSPS) is 11.0. The molecule has 3 heteroatoms. The van der Waals surface area contributed by atoms with E-state index in [-0.39, 0.29) is 5.63 Å². The van der Waals surface area contributed by atoms with Crippen molar-refractivity contribution in [2.75, 3.05) is 0 Å². The van der Waals surface area contributed by atoms with Crippen LogP contribution in [0.1, 0.15) is 27.8 Å². The van der Waals surface area contributed by atoms with E-state index in [1.807, 2.05) is 26.0 Å². The molecule has 0 N–H and O–H groups in total. The van der Waals surface area contributed by atoms with Crippen LogP contribution in [-0.4, -0.2) is 0 Å². The van der Waals surface area contributed by atoms with Crippen molar-refractivity contribution in [3.05, 3.63) is 74.6 Å². The van der Waals surface area contributed by atoms with Crippen molar-refractivity contribution >= 4 is 11.0 Å². The van der Waals surface area contributed by atoms with Gasteiger partial charge in [-0.2, -0.15) is 0 Å². The number of benzene rings is 2. The quantitative estimate of drug-likeness (QED) is 0.663. The van der Waals surface area contributed by atoms with Gasteiger partial charge in [0, 0.05) is 6.07 Å². The first-order chi connectivity index (χ1) is 10.9. The van der Waals surface area contributed by atoms with Crippen LogP contribution in [0.4, 0.5) is 0 Å². The molecule has 3 rings (SSSR count). The van der Waals surface area contributed by atoms with Gasteiger partial charge < -0.3 is 9.15 Å². The van der Waals surface area contributed by atoms with Gasteiger partial charge in [0.1, 0.15) is 17.9 Å². The van der Waals surface area contributed by atoms with Crippen molar-refractivity contribution in [2.24, 2.45) is 0 Å². The summed E-state index contributed by atoms with van der Waals surface area (Å²) >= 11 is 0. The van der Waals surface area contributed by atoms with Crippen molar-refractivity contribution < 1.29 is 9.15 Å². The summed E-state index contributed by atoms with van der Waals surface area (Å²) in [6.45, 7) is 8.51. The summed E-state index contributed by atoms with van der Waals surface area (Å²) in [6.07, 6.45) is 0. The second kappa shape index (κ2) is 5.92. The molecular weight excluding hydrogens is 288 g/mol. The molecular formula is C20H20O3. The van der Waals surface area contributed by atoms with Gasteiger partial charge >= 0.3 is 5.63 Å². The first-order valence-corrected chi connectivity index (χ1v) is 7.68. The summed E-state index contributed by atoms with van der Waals surface area (Å²) in [7, 11) is 0. The predicted molar refractivity (Wildman–Crippen MR) is 92.2 cm³/mol. The van der Waals surface area contributed by atoms with Gasteiger partial charge in [-0.25, -0.2) is 4.79 Å². The molecule has 0 aliphatic heterocycles. The standard InChI is InChI=1S/C20H20O3/c1-12-5-6-14(3)16(7-12)11-22-17-8-13(2)9-18-20(17)15(4)10-19(21)23-18/h5-10H,11H2,1-4H3. The lowest BCUT2D eigenvalue weighted by Crippen LogP contribution is -2.02. The lowest BCUT2D eigenvalue weighted by atomic mass is 10.1. The summed E-state index contributed by atoms with van der Waals surface area (Å²) in [5.74, 6) is 0.752. The van der Waals surface area contributed by atoms with Crippen LogP contribution >= 0.6 is 0 Å². The Balaban J connectivity index is 2.03. The Morgan fingerprint density at radius 1 is 0.913 bits per heavy atom. The molecule has 0 aliphatic rings. The third kappa shape index (κ3) is 3.14. The van der Waals surface area contributed by atoms with Crippen LogP contribution in [0.25, 0.3) is 11.0 Å². The Morgan fingerprint density at radius 3 is 2.48 bits per heavy atom. The molecule has 1 heterocycles. The third-order valence-corrected chi connectivity index (χ3v) is 4.04. The zero-order valence-corrected chi connectivity index (χ0v) is 13.9. The van der Waals surface area contributed by atoms with E-state index in [4.69, 9.17) is 9.15 Å². The molecule has 0 fully saturated rings. The lowest BCUT2D eigenvalue weighted by Gasteiger charge is -2.13. The van der Waals surface area contributed by atoms with E-state index < -0.39 is 0 Å². The maximum absolute atomic E-state index is 11.6. The van der Waals surface area contributed by atoms with Gasteiger partial charge in [-0.3, -0.25) is 0 Å². The van der Waals surface area contributed by atoms with Crippen LogP contribution in [0.15, 0.2) is 45.6 Å². The van der Waals surface area contributed by atoms with E-state index in [2.05, 4.69) is 32.0 Å². The maximum atomic E-state index is 11.6. The molecule has 3 nitrogen and oxygen atoms in total. The van der Waals surface area contributed by atoms with Gasteiger partial charge in [-0.1, -0.05) is 23.8 Å². The Labute approximate surface area is 135 Å². The number of aryl methyl sites for hydroxylation is 4. The van der Waals surface area contributed by atoms with Gasteiger partial charge in [0.05, 0.1) is 5.39 Å². The predicted octanol–water partition coefficient (Wildman–Crippen LogP) is 4.61. The third-order valence-electron chi connectivity index (χ3n) is 4.04. The molecule has 118 valence electrons. The van der Waals surface area contributed by atoms with Crippen LogP contribution in [0.2, 0.25) is 0 Å². The number of fused-ring (bicyclic) bond motifs is 1. The van der Waals surface area contributed by atoms with Gasteiger partial charge in [0.2, 0.25) is 0 Å². The Morgan fingerprint density at radius 2 is 1.70 bits per heavy atom. The molecule has 0 unspecified atom stereocenters. The number of ether oxygens (including phenoxy) is 1. The van der Waals surface area contributed by atoms with E-state index >= 15 is 0 Å². The van der Waals surface area contributed by atoms with Crippen molar-refractivity contribution in [2.45, 2.75) is 34.3 Å². The maximum Gasteiger partial charge on any atom is 0.336 e. The van der Waals surface area contributed by atoms with Gasteiger partial charge in [-0.15, -0.1) is 0 Å². The van der Waals surface area contributed by atoms with Crippen LogP contribution in [0.5, 0.6) is 5.75 Å². The topological polar surface area (TPSA) is 39.4 Å². The highest BCUT2D eigenvalue weighted by molar-refractivity contribution is 5.87. The average molecular weight is 308 g/mol. The molecule has 0 spiro atoms. The fourth-order valence-electron chi connectivity index (χ4n) is 2.80. The highest BCUT2D eigenvalue weighted by Crippen LogP contribution is 2.30. The van der Waals surface area contributed by atoms with Crippen molar-refractivity contribution in [1.29, 1.82) is 0 Å². The summed E-state index contributed by atoms with van der Waals surface area (Å²) in [4.78, 5) is 11.6. The molecule has 0 radical (unpaired) electrons. The summed E-state index contributed by atoms with van der Waals surface area (Å²) < 4.78 is 11.4. The highest BCUT2D eigenvalue weighted by Gasteiger charge is 2.11. The molecule has 2 aromatic carbocycles. The molecule has 3 aromatic rings. The second-order valence-corrected chi connectivity index (χ2v) is 6.10. The van der Waals surface area contributed by atoms with Gasteiger partial charge in [0.25, 0.3) is 0 Å². The van der Waals surface area contributed by atoms with Crippen molar-refractivity contribution in [3.8, 4) is 5.75 Å². The lowest BCUT2D eigenvalue weighted by molar-refractivity contribution is 0.308. The molecule has 0 amide bonds. The molecule has 0 atom stereocenters. The Hall–Kier alpha value is -2.55. The first kappa shape index (κ1) is 15.3. The minimum atomic E-state index is -0.332. The molecule has 0 saturated carbocycles. The van der Waals surface area contributed by atoms with Crippen LogP contribution < -0.4 is 10.4 Å². The minimum absolute atomic E-state index is 0.332. The molecule has 0 aliphatic carbocycles. The molecule has 1 aromatic heterocycles. The van der Waals surface area contributed by atoms with Crippen molar-refractivity contribution in [3.63, 3.8) is 0 Å². The molecule has 23 heavy (non-hydrogen) atoms. The second-order valence-electron chi connectivity index (χ2n) is 6.10. The largest absolute Gasteiger partial charge is 0.488 e. The van der Waals surface area contributed by atoms with E-state index in [0.29, 0.717) is 12.2 Å². The Kier molecular flexibility index (Phi) is 3.95. The van der Waals surface area contributed by atoms with E-state index in [0.717, 1.165) is 27.8 Å². The number of rotatable bonds is 3. The minimum Gasteiger partial charge on any atom is -0.488 e. The fraction of sp³-hybridized carbons (Fsp3) is 0.250. The zero-order valence-electron chi connectivity index (χ0n) is 13.9. The van der Waals surface area contributed by atoms with Gasteiger partial charge in [-0.05, 0) is 62.1 Å². The fourth-order valence-corrected chi connectivity index (χ4v) is 2.80. The Bertz CT molecular complexity index is 936. The van der Waals surface area contributed by atoms with Crippen LogP contribution in [0, 0.1) is 27.7 Å². The van der Waals surface area contributed by atoms with Crippen molar-refractivity contribution in [1.82, 2.24) is 0 Å². The van der Waals surface area contributed by atoms with Crippen LogP contribution in [-0.2, 0) is 6.61 Å². The van der Waals surface area contributed by atoms with Crippen LogP contribution in [0.3, 0.4) is 0 Å². The van der Waals surface area contributed by atoms with E-state index in [1.54, 1.807) is 0 Å². The molecule has 0 bridgehead atoms. The SMILES string of the molecule is Cc1ccc(C)c(COc2cc(C)cc3oc(=O)cc(C)c23)c1. The van der Waals surface area contributed by atoms with E-state index in [1.165, 1.54) is 17.2 Å². The smallest absolute Gasteiger partial charge is 0.336 e. The highest BCUT2D eigenvalue weighted by atomic mass is 16.5. The van der Waals surface area contributed by atoms with Gasteiger partial charge in [0.15, 0.2) is 0 Å².